The summed E-state index contributed by atoms with van der Waals surface area (Å²) in [5.74, 6) is 0.193. The highest BCUT2D eigenvalue weighted by Gasteiger charge is 2.46. The van der Waals surface area contributed by atoms with Crippen LogP contribution < -0.4 is 5.32 Å². The minimum atomic E-state index is -3.83. The highest BCUT2D eigenvalue weighted by molar-refractivity contribution is 7.89. The van der Waals surface area contributed by atoms with Crippen molar-refractivity contribution >= 4 is 15.9 Å². The van der Waals surface area contributed by atoms with E-state index in [0.29, 0.717) is 38.0 Å². The minimum absolute atomic E-state index is 0.0219. The third kappa shape index (κ3) is 7.20. The number of carbonyl (C=O) groups is 1. The van der Waals surface area contributed by atoms with Gasteiger partial charge < -0.3 is 24.3 Å². The molecule has 210 valence electrons. The zero-order chi connectivity index (χ0) is 26.3. The molecule has 3 fully saturated rings. The molecule has 3 rings (SSSR count). The van der Waals surface area contributed by atoms with Gasteiger partial charge in [0.1, 0.15) is 0 Å². The summed E-state index contributed by atoms with van der Waals surface area (Å²) in [6.45, 7) is 1.84. The van der Waals surface area contributed by atoms with Crippen molar-refractivity contribution in [1.29, 1.82) is 0 Å². The Kier molecular flexibility index (Phi) is 11.5. The molecule has 0 aromatic rings. The van der Waals surface area contributed by atoms with E-state index in [0.717, 1.165) is 19.3 Å². The molecule has 3 aliphatic carbocycles. The van der Waals surface area contributed by atoms with E-state index in [2.05, 4.69) is 5.32 Å². The van der Waals surface area contributed by atoms with E-state index in [1.807, 2.05) is 6.92 Å². The van der Waals surface area contributed by atoms with Gasteiger partial charge in [0.15, 0.2) is 0 Å². The monoisotopic (exact) mass is 532 g/mol. The molecular weight excluding hydrogens is 484 g/mol. The Morgan fingerprint density at radius 2 is 1.47 bits per heavy atom. The van der Waals surface area contributed by atoms with Gasteiger partial charge in [-0.3, -0.25) is 4.79 Å². The number of carbonyl (C=O) groups excluding carboxylic acids is 1. The van der Waals surface area contributed by atoms with Gasteiger partial charge in [-0.25, -0.2) is 8.42 Å². The Hall–Kier alpha value is -0.780. The summed E-state index contributed by atoms with van der Waals surface area (Å²) in [4.78, 5) is 13.3. The Balaban J connectivity index is 1.83. The average Bonchev–Trinajstić information content (AvgIpc) is 2.91. The van der Waals surface area contributed by atoms with Gasteiger partial charge in [0.2, 0.25) is 15.9 Å². The summed E-state index contributed by atoms with van der Waals surface area (Å²) in [6.07, 6.45) is 8.42. The number of amides is 1. The Labute approximate surface area is 218 Å². The Morgan fingerprint density at radius 1 is 0.833 bits per heavy atom. The molecule has 0 aromatic heterocycles. The molecule has 0 aromatic carbocycles. The smallest absolute Gasteiger partial charge is 0.235 e. The van der Waals surface area contributed by atoms with E-state index in [-0.39, 0.29) is 42.9 Å². The van der Waals surface area contributed by atoms with Crippen LogP contribution in [0.25, 0.3) is 0 Å². The SMILES string of the molecule is COC1CCC(OC)C(N(CC(=O)NC(C)C2CCCCC2)S(=O)(=O)C2CCC(OC)C(OC)C2)C1. The lowest BCUT2D eigenvalue weighted by molar-refractivity contribution is -0.123. The van der Waals surface area contributed by atoms with Gasteiger partial charge in [-0.05, 0) is 64.2 Å². The maximum Gasteiger partial charge on any atom is 0.235 e. The molecule has 7 unspecified atom stereocenters. The van der Waals surface area contributed by atoms with Crippen LogP contribution in [-0.2, 0) is 33.8 Å². The van der Waals surface area contributed by atoms with Crippen LogP contribution in [0.5, 0.6) is 0 Å². The van der Waals surface area contributed by atoms with Crippen LogP contribution in [0.4, 0.5) is 0 Å². The van der Waals surface area contributed by atoms with Crippen LogP contribution in [0.1, 0.15) is 77.6 Å². The standard InChI is InChI=1S/C26H48N2O7S/c1-18(19-9-7-6-8-10-19)27-26(29)17-28(22-15-20(32-2)11-13-23(22)33-3)36(30,31)21-12-14-24(34-4)25(16-21)35-5/h18-25H,6-17H2,1-5H3,(H,27,29). The Bertz CT molecular complexity index is 789. The molecule has 3 aliphatic rings. The summed E-state index contributed by atoms with van der Waals surface area (Å²) < 4.78 is 52.3. The summed E-state index contributed by atoms with van der Waals surface area (Å²) in [7, 11) is 2.67. The number of ether oxygens (including phenoxy) is 4. The number of nitrogens with zero attached hydrogens (tertiary/aromatic N) is 1. The van der Waals surface area contributed by atoms with Gasteiger partial charge in [0.05, 0.1) is 42.3 Å². The van der Waals surface area contributed by atoms with E-state index < -0.39 is 21.3 Å². The van der Waals surface area contributed by atoms with Crippen molar-refractivity contribution in [2.24, 2.45) is 5.92 Å². The van der Waals surface area contributed by atoms with E-state index in [1.54, 1.807) is 28.4 Å². The van der Waals surface area contributed by atoms with Gasteiger partial charge in [-0.1, -0.05) is 19.3 Å². The van der Waals surface area contributed by atoms with Crippen molar-refractivity contribution in [2.75, 3.05) is 35.0 Å². The lowest BCUT2D eigenvalue weighted by Crippen LogP contribution is -2.58. The number of nitrogens with one attached hydrogen (secondary N) is 1. The lowest BCUT2D eigenvalue weighted by Gasteiger charge is -2.43. The number of sulfonamides is 1. The molecular formula is C26H48N2O7S. The average molecular weight is 533 g/mol. The number of methoxy groups -OCH3 is 4. The van der Waals surface area contributed by atoms with Crippen molar-refractivity contribution in [3.8, 4) is 0 Å². The molecule has 0 aliphatic heterocycles. The molecule has 0 bridgehead atoms. The first-order chi connectivity index (χ1) is 17.2. The van der Waals surface area contributed by atoms with E-state index in [1.165, 1.54) is 23.6 Å². The van der Waals surface area contributed by atoms with Gasteiger partial charge in [0, 0.05) is 34.5 Å². The second-order valence-corrected chi connectivity index (χ2v) is 13.0. The summed E-state index contributed by atoms with van der Waals surface area (Å²) in [5, 5.41) is 2.49. The van der Waals surface area contributed by atoms with Crippen molar-refractivity contribution in [2.45, 2.75) is 119 Å². The first-order valence-corrected chi connectivity index (χ1v) is 15.2. The van der Waals surface area contributed by atoms with Crippen molar-refractivity contribution in [3.05, 3.63) is 0 Å². The molecule has 1 amide bonds. The van der Waals surface area contributed by atoms with Gasteiger partial charge in [-0.2, -0.15) is 4.31 Å². The fraction of sp³-hybridized carbons (Fsp3) is 0.962. The highest BCUT2D eigenvalue weighted by atomic mass is 32.2. The Morgan fingerprint density at radius 3 is 2.08 bits per heavy atom. The first kappa shape index (κ1) is 29.8. The minimum Gasteiger partial charge on any atom is -0.381 e. The van der Waals surface area contributed by atoms with Crippen molar-refractivity contribution < 1.29 is 32.2 Å². The molecule has 0 saturated heterocycles. The second-order valence-electron chi connectivity index (χ2n) is 10.8. The van der Waals surface area contributed by atoms with Crippen LogP contribution in [0, 0.1) is 5.92 Å². The van der Waals surface area contributed by atoms with Crippen LogP contribution in [0.3, 0.4) is 0 Å². The fourth-order valence-corrected chi connectivity index (χ4v) is 8.65. The summed E-state index contributed by atoms with van der Waals surface area (Å²) >= 11 is 0. The first-order valence-electron chi connectivity index (χ1n) is 13.7. The number of hydrogen-bond acceptors (Lipinski definition) is 7. The van der Waals surface area contributed by atoms with Crippen LogP contribution in [0.15, 0.2) is 0 Å². The zero-order valence-corrected chi connectivity index (χ0v) is 23.6. The maximum atomic E-state index is 14.2. The maximum absolute atomic E-state index is 14.2. The molecule has 0 radical (unpaired) electrons. The third-order valence-corrected chi connectivity index (χ3v) is 11.1. The van der Waals surface area contributed by atoms with Gasteiger partial charge >= 0.3 is 0 Å². The quantitative estimate of drug-likeness (QED) is 0.436. The van der Waals surface area contributed by atoms with Crippen LogP contribution in [0.2, 0.25) is 0 Å². The van der Waals surface area contributed by atoms with Gasteiger partial charge in [-0.15, -0.1) is 0 Å². The topological polar surface area (TPSA) is 103 Å². The van der Waals surface area contributed by atoms with Crippen LogP contribution in [-0.4, -0.2) is 95.4 Å². The lowest BCUT2D eigenvalue weighted by atomic mass is 9.84. The third-order valence-electron chi connectivity index (χ3n) is 8.79. The largest absolute Gasteiger partial charge is 0.381 e. The highest BCUT2D eigenvalue weighted by Crippen LogP contribution is 2.35. The summed E-state index contributed by atoms with van der Waals surface area (Å²) in [6, 6.07) is -0.441. The number of rotatable bonds is 11. The molecule has 9 nitrogen and oxygen atoms in total. The van der Waals surface area contributed by atoms with Crippen molar-refractivity contribution in [1.82, 2.24) is 9.62 Å². The predicted octanol–water partition coefficient (Wildman–Crippen LogP) is 2.87. The molecule has 7 atom stereocenters. The fourth-order valence-electron chi connectivity index (χ4n) is 6.51. The van der Waals surface area contributed by atoms with E-state index in [9.17, 15) is 13.2 Å². The molecule has 0 spiro atoms. The molecule has 3 saturated carbocycles. The second kappa shape index (κ2) is 13.8. The summed E-state index contributed by atoms with van der Waals surface area (Å²) in [5.41, 5.74) is 0. The van der Waals surface area contributed by atoms with E-state index in [4.69, 9.17) is 18.9 Å². The number of hydrogen-bond donors (Lipinski definition) is 1. The molecule has 0 heterocycles. The normalized spacial score (nSPS) is 33.4. The van der Waals surface area contributed by atoms with Gasteiger partial charge in [0.25, 0.3) is 0 Å². The zero-order valence-electron chi connectivity index (χ0n) is 22.8. The molecule has 36 heavy (non-hydrogen) atoms. The van der Waals surface area contributed by atoms with E-state index >= 15 is 0 Å². The van der Waals surface area contributed by atoms with Crippen molar-refractivity contribution in [3.63, 3.8) is 0 Å². The van der Waals surface area contributed by atoms with Crippen LogP contribution >= 0.6 is 0 Å². The molecule has 1 N–H and O–H groups in total. The predicted molar refractivity (Wildman–Crippen MR) is 138 cm³/mol. The molecule has 10 heteroatoms.